The topological polar surface area (TPSA) is 24.0 Å². The van der Waals surface area contributed by atoms with Gasteiger partial charge in [0.1, 0.15) is 11.5 Å². The summed E-state index contributed by atoms with van der Waals surface area (Å²) in [5.41, 5.74) is 28.1. The van der Waals surface area contributed by atoms with Gasteiger partial charge in [-0.3, -0.25) is 0 Å². The fourth-order valence-corrected chi connectivity index (χ4v) is 16.1. The maximum atomic E-state index is 7.50. The highest BCUT2D eigenvalue weighted by Gasteiger charge is 2.53. The zero-order chi connectivity index (χ0) is 56.7. The van der Waals surface area contributed by atoms with Crippen molar-refractivity contribution in [2.45, 2.75) is 84.0 Å². The van der Waals surface area contributed by atoms with Crippen LogP contribution >= 0.6 is 0 Å². The predicted octanol–water partition coefficient (Wildman–Crippen LogP) is 18.1. The third-order valence-electron chi connectivity index (χ3n) is 19.9. The van der Waals surface area contributed by atoms with Gasteiger partial charge < -0.3 is 18.4 Å². The lowest BCUT2D eigenvalue weighted by molar-refractivity contribution is 0.486. The molecule has 0 saturated heterocycles. The third kappa shape index (κ3) is 6.04. The normalized spacial score (nSPS) is 14.4. The molecule has 0 bridgehead atoms. The number of ether oxygens (including phenoxy) is 1. The van der Waals surface area contributed by atoms with E-state index in [0.29, 0.717) is 0 Å². The minimum Gasteiger partial charge on any atom is -0.458 e. The Labute approximate surface area is 490 Å². The van der Waals surface area contributed by atoms with Crippen LogP contribution in [0.15, 0.2) is 212 Å². The number of nitrogens with zero attached hydrogens (tertiary/aromatic N) is 3. The van der Waals surface area contributed by atoms with Crippen LogP contribution in [0.25, 0.3) is 105 Å². The van der Waals surface area contributed by atoms with E-state index < -0.39 is 5.41 Å². The number of aromatic nitrogens is 3. The lowest BCUT2D eigenvalue weighted by Gasteiger charge is -2.35. The summed E-state index contributed by atoms with van der Waals surface area (Å²) in [4.78, 5) is 0. The van der Waals surface area contributed by atoms with Crippen molar-refractivity contribution in [1.29, 1.82) is 0 Å². The van der Waals surface area contributed by atoms with E-state index >= 15 is 0 Å². The Bertz CT molecular complexity index is 5250. The van der Waals surface area contributed by atoms with Crippen LogP contribution in [0, 0.1) is 0 Å². The summed E-state index contributed by atoms with van der Waals surface area (Å²) in [6.45, 7) is 21.0. The highest BCUT2D eigenvalue weighted by atomic mass is 16.5. The Balaban J connectivity index is 0.989. The van der Waals surface area contributed by atoms with Gasteiger partial charge >= 0.3 is 0 Å². The molecule has 0 atom stereocenters. The van der Waals surface area contributed by atoms with Gasteiger partial charge in [0.15, 0.2) is 0 Å². The van der Waals surface area contributed by atoms with Crippen LogP contribution in [-0.4, -0.2) is 20.4 Å². The van der Waals surface area contributed by atoms with Crippen LogP contribution in [0.5, 0.6) is 11.5 Å². The zero-order valence-electron chi connectivity index (χ0n) is 49.0. The first-order chi connectivity index (χ1) is 40.6. The summed E-state index contributed by atoms with van der Waals surface area (Å²) in [5, 5.41) is 7.45. The fraction of sp³-hybridized carbons (Fsp3) is 0.165. The van der Waals surface area contributed by atoms with E-state index in [-0.39, 0.29) is 23.0 Å². The average Bonchev–Trinajstić information content (AvgIpc) is 1.49. The van der Waals surface area contributed by atoms with E-state index in [2.05, 4.69) is 288 Å². The van der Waals surface area contributed by atoms with E-state index in [1.165, 1.54) is 138 Å². The van der Waals surface area contributed by atoms with Gasteiger partial charge in [-0.1, -0.05) is 220 Å². The Hall–Kier alpha value is -9.32. The molecule has 4 aliphatic rings. The van der Waals surface area contributed by atoms with Gasteiger partial charge in [0, 0.05) is 55.2 Å². The van der Waals surface area contributed by atoms with Gasteiger partial charge in [-0.05, 0) is 137 Å². The molecule has 84 heavy (non-hydrogen) atoms. The molecular weight excluding hydrogens is 1020 g/mol. The molecular formula is C79H62BN3O. The number of para-hydroxylation sites is 2. The summed E-state index contributed by atoms with van der Waals surface area (Å²) in [6, 6.07) is 81.8. The number of rotatable bonds is 2. The second-order valence-corrected chi connectivity index (χ2v) is 27.6. The molecule has 11 aromatic carbocycles. The summed E-state index contributed by atoms with van der Waals surface area (Å²) >= 11 is 0. The first kappa shape index (κ1) is 48.2. The second kappa shape index (κ2) is 16.1. The molecule has 2 aliphatic carbocycles. The summed E-state index contributed by atoms with van der Waals surface area (Å²) < 4.78 is 15.4. The fourth-order valence-electron chi connectivity index (χ4n) is 16.1. The molecule has 402 valence electrons. The first-order valence-corrected chi connectivity index (χ1v) is 30.1. The van der Waals surface area contributed by atoms with Crippen LogP contribution < -0.4 is 21.1 Å². The molecule has 5 heteroatoms. The molecule has 0 N–H and O–H groups in total. The van der Waals surface area contributed by atoms with E-state index in [0.717, 1.165) is 33.9 Å². The molecule has 0 radical (unpaired) electrons. The molecule has 1 spiro atoms. The highest BCUT2D eigenvalue weighted by molar-refractivity contribution is 6.99. The van der Waals surface area contributed by atoms with Gasteiger partial charge in [-0.2, -0.15) is 0 Å². The molecule has 0 fully saturated rings. The van der Waals surface area contributed by atoms with Gasteiger partial charge in [-0.25, -0.2) is 0 Å². The van der Waals surface area contributed by atoms with Crippen molar-refractivity contribution in [2.24, 2.45) is 0 Å². The minimum absolute atomic E-state index is 0.0338. The SMILES string of the molecule is CC(C)(C)c1ccc2c(c1)B1c3c(cc(-n4c5ccccc5c5ccc6c7ccccc7n(-c7cccc8c7C7(c9ccccc9-c9ccccc97)c7ccccc7-8)c6c54)cc3-n3c4ccc(C(C)(C)C)cc4c4cc(C(C)(C)C)cc1c43)O2. The average molecular weight is 1080 g/mol. The lowest BCUT2D eigenvalue weighted by atomic mass is 9.34. The van der Waals surface area contributed by atoms with Crippen molar-refractivity contribution < 1.29 is 4.74 Å². The predicted molar refractivity (Wildman–Crippen MR) is 353 cm³/mol. The third-order valence-corrected chi connectivity index (χ3v) is 19.9. The lowest BCUT2D eigenvalue weighted by Crippen LogP contribution is -2.58. The highest BCUT2D eigenvalue weighted by Crippen LogP contribution is 2.64. The van der Waals surface area contributed by atoms with E-state index in [1.54, 1.807) is 0 Å². The standard InChI is InChI=1S/C79H62BN3O/c1-76(2,3)45-33-37-66-57(39-45)58-40-47(78(7,8)9)42-63-73(58)83(66)68-43-48(44-70-72(68)80(63)62-41-46(77(4,5)6)34-38-69(62)84-70)81-64-30-18-13-24-52(64)55-35-36-56-53-25-14-19-31-65(53)82(75(56)74(55)81)67-32-20-26-54-51-23-12-17-29-61(51)79(71(54)67)59-27-15-10-21-49(59)50-22-11-16-28-60(50)79/h10-44H,1-9H3. The van der Waals surface area contributed by atoms with Gasteiger partial charge in [0.25, 0.3) is 6.71 Å². The molecule has 5 heterocycles. The monoisotopic (exact) mass is 1080 g/mol. The van der Waals surface area contributed by atoms with Crippen LogP contribution in [0.4, 0.5) is 0 Å². The summed E-state index contributed by atoms with van der Waals surface area (Å²) in [7, 11) is 0. The maximum absolute atomic E-state index is 7.50. The van der Waals surface area contributed by atoms with Crippen molar-refractivity contribution in [3.8, 4) is 50.8 Å². The minimum atomic E-state index is -0.560. The van der Waals surface area contributed by atoms with Crippen LogP contribution in [-0.2, 0) is 21.7 Å². The molecule has 0 unspecified atom stereocenters. The van der Waals surface area contributed by atoms with E-state index in [1.807, 2.05) is 0 Å². The molecule has 14 aromatic rings. The summed E-state index contributed by atoms with van der Waals surface area (Å²) in [6.07, 6.45) is 0. The Morgan fingerprint density at radius 2 is 0.845 bits per heavy atom. The molecule has 0 saturated carbocycles. The maximum Gasteiger partial charge on any atom is 0.256 e. The Kier molecular flexibility index (Phi) is 9.22. The smallest absolute Gasteiger partial charge is 0.256 e. The molecule has 2 aliphatic heterocycles. The zero-order valence-corrected chi connectivity index (χ0v) is 49.0. The van der Waals surface area contributed by atoms with E-state index in [4.69, 9.17) is 4.74 Å². The van der Waals surface area contributed by atoms with Gasteiger partial charge in [-0.15, -0.1) is 0 Å². The quantitative estimate of drug-likeness (QED) is 0.158. The number of fused-ring (bicyclic) bond motifs is 24. The van der Waals surface area contributed by atoms with Crippen molar-refractivity contribution in [3.05, 3.63) is 251 Å². The van der Waals surface area contributed by atoms with Crippen LogP contribution in [0.3, 0.4) is 0 Å². The summed E-state index contributed by atoms with van der Waals surface area (Å²) in [5.74, 6) is 1.82. The molecule has 0 amide bonds. The first-order valence-electron chi connectivity index (χ1n) is 30.1. The van der Waals surface area contributed by atoms with Gasteiger partial charge in [0.05, 0.1) is 44.4 Å². The number of hydrogen-bond donors (Lipinski definition) is 0. The largest absolute Gasteiger partial charge is 0.458 e. The Morgan fingerprint density at radius 3 is 1.49 bits per heavy atom. The second-order valence-electron chi connectivity index (χ2n) is 27.6. The number of hydrogen-bond acceptors (Lipinski definition) is 1. The van der Waals surface area contributed by atoms with E-state index in [9.17, 15) is 0 Å². The van der Waals surface area contributed by atoms with Gasteiger partial charge in [0.2, 0.25) is 0 Å². The van der Waals surface area contributed by atoms with Crippen LogP contribution in [0.2, 0.25) is 0 Å². The molecule has 18 rings (SSSR count). The molecule has 3 aromatic heterocycles. The van der Waals surface area contributed by atoms with Crippen molar-refractivity contribution >= 4 is 88.5 Å². The van der Waals surface area contributed by atoms with Crippen molar-refractivity contribution in [1.82, 2.24) is 13.7 Å². The molecule has 4 nitrogen and oxygen atoms in total. The Morgan fingerprint density at radius 1 is 0.345 bits per heavy atom. The van der Waals surface area contributed by atoms with Crippen LogP contribution in [0.1, 0.15) is 101 Å². The van der Waals surface area contributed by atoms with Crippen molar-refractivity contribution in [2.75, 3.05) is 0 Å². The number of benzene rings is 11. The van der Waals surface area contributed by atoms with Crippen molar-refractivity contribution in [3.63, 3.8) is 0 Å².